The first-order valence-corrected chi connectivity index (χ1v) is 6.26. The molecular formula is C9H9BrN4OS. The smallest absolute Gasteiger partial charge is 0.275 e. The molecule has 2 heterocycles. The van der Waals surface area contributed by atoms with Crippen molar-refractivity contribution in [3.63, 3.8) is 0 Å². The van der Waals surface area contributed by atoms with Crippen molar-refractivity contribution >= 4 is 38.3 Å². The monoisotopic (exact) mass is 300 g/mol. The van der Waals surface area contributed by atoms with Gasteiger partial charge in [-0.1, -0.05) is 11.3 Å². The Labute approximate surface area is 105 Å². The molecule has 0 bridgehead atoms. The Morgan fingerprint density at radius 2 is 2.50 bits per heavy atom. The number of aromatic nitrogens is 3. The number of hydrogen-bond donors (Lipinski definition) is 1. The summed E-state index contributed by atoms with van der Waals surface area (Å²) in [5, 5.41) is 7.32. The van der Waals surface area contributed by atoms with Crippen molar-refractivity contribution in [1.82, 2.24) is 14.8 Å². The van der Waals surface area contributed by atoms with Crippen LogP contribution in [-0.2, 0) is 6.54 Å². The van der Waals surface area contributed by atoms with Crippen molar-refractivity contribution in [2.45, 2.75) is 13.5 Å². The molecule has 0 spiro atoms. The summed E-state index contributed by atoms with van der Waals surface area (Å²) in [6.07, 6.45) is 3.26. The number of rotatable bonds is 3. The number of thiazole rings is 1. The van der Waals surface area contributed by atoms with Crippen LogP contribution in [0.1, 0.15) is 17.4 Å². The lowest BCUT2D eigenvalue weighted by Gasteiger charge is -2.03. The van der Waals surface area contributed by atoms with E-state index in [1.807, 2.05) is 6.92 Å². The van der Waals surface area contributed by atoms with Crippen molar-refractivity contribution in [3.05, 3.63) is 27.9 Å². The molecule has 84 valence electrons. The number of nitrogens with zero attached hydrogens (tertiary/aromatic N) is 3. The van der Waals surface area contributed by atoms with E-state index in [9.17, 15) is 4.79 Å². The predicted octanol–water partition coefficient (Wildman–Crippen LogP) is 2.37. The normalized spacial score (nSPS) is 10.4. The van der Waals surface area contributed by atoms with E-state index in [1.54, 1.807) is 23.1 Å². The Morgan fingerprint density at radius 3 is 3.12 bits per heavy atom. The summed E-state index contributed by atoms with van der Waals surface area (Å²) in [6, 6.07) is 1.68. The fourth-order valence-corrected chi connectivity index (χ4v) is 2.35. The van der Waals surface area contributed by atoms with Gasteiger partial charge >= 0.3 is 0 Å². The number of nitrogens with one attached hydrogen (secondary N) is 1. The zero-order valence-corrected chi connectivity index (χ0v) is 10.9. The summed E-state index contributed by atoms with van der Waals surface area (Å²) in [5.74, 6) is -0.193. The number of aryl methyl sites for hydroxylation is 1. The lowest BCUT2D eigenvalue weighted by Crippen LogP contribution is -2.17. The summed E-state index contributed by atoms with van der Waals surface area (Å²) in [7, 11) is 0. The van der Waals surface area contributed by atoms with Crippen molar-refractivity contribution in [2.75, 3.05) is 5.32 Å². The Kier molecular flexibility index (Phi) is 3.35. The molecule has 0 fully saturated rings. The van der Waals surface area contributed by atoms with E-state index in [0.717, 1.165) is 3.79 Å². The third-order valence-corrected chi connectivity index (χ3v) is 3.34. The Bertz CT molecular complexity index is 507. The van der Waals surface area contributed by atoms with Crippen LogP contribution in [0, 0.1) is 0 Å². The van der Waals surface area contributed by atoms with E-state index < -0.39 is 0 Å². The number of hydrogen-bond acceptors (Lipinski definition) is 4. The number of anilines is 1. The van der Waals surface area contributed by atoms with Gasteiger partial charge in [0.1, 0.15) is 5.69 Å². The number of carbonyl (C=O) groups excluding carboxylic acids is 1. The number of halogens is 1. The number of amides is 1. The van der Waals surface area contributed by atoms with E-state index in [0.29, 0.717) is 17.4 Å². The van der Waals surface area contributed by atoms with Gasteiger partial charge in [-0.05, 0) is 28.9 Å². The molecule has 2 rings (SSSR count). The lowest BCUT2D eigenvalue weighted by molar-refractivity contribution is 0.101. The molecule has 0 aliphatic heterocycles. The Balaban J connectivity index is 2.14. The molecule has 0 atom stereocenters. The average molecular weight is 301 g/mol. The van der Waals surface area contributed by atoms with Gasteiger partial charge < -0.3 is 0 Å². The minimum Gasteiger partial charge on any atom is -0.296 e. The minimum atomic E-state index is -0.193. The molecule has 2 aromatic rings. The second-order valence-electron chi connectivity index (χ2n) is 2.96. The topological polar surface area (TPSA) is 59.8 Å². The second kappa shape index (κ2) is 4.75. The lowest BCUT2D eigenvalue weighted by atomic mass is 10.4. The van der Waals surface area contributed by atoms with Gasteiger partial charge in [0.2, 0.25) is 0 Å². The van der Waals surface area contributed by atoms with E-state index in [2.05, 4.69) is 31.3 Å². The highest BCUT2D eigenvalue weighted by molar-refractivity contribution is 9.11. The predicted molar refractivity (Wildman–Crippen MR) is 65.7 cm³/mol. The van der Waals surface area contributed by atoms with E-state index in [-0.39, 0.29) is 5.91 Å². The maximum Gasteiger partial charge on any atom is 0.275 e. The van der Waals surface area contributed by atoms with Gasteiger partial charge in [0, 0.05) is 12.7 Å². The molecule has 1 N–H and O–H groups in total. The van der Waals surface area contributed by atoms with Crippen LogP contribution in [0.5, 0.6) is 0 Å². The first-order chi connectivity index (χ1) is 7.70. The van der Waals surface area contributed by atoms with Crippen LogP contribution >= 0.6 is 27.3 Å². The van der Waals surface area contributed by atoms with Crippen LogP contribution in [0.4, 0.5) is 5.13 Å². The quantitative estimate of drug-likeness (QED) is 0.947. The summed E-state index contributed by atoms with van der Waals surface area (Å²) >= 11 is 4.66. The van der Waals surface area contributed by atoms with Gasteiger partial charge in [-0.25, -0.2) is 4.98 Å². The third kappa shape index (κ3) is 2.30. The van der Waals surface area contributed by atoms with Gasteiger partial charge in [-0.2, -0.15) is 5.10 Å². The van der Waals surface area contributed by atoms with Crippen LogP contribution in [0.25, 0.3) is 0 Å². The second-order valence-corrected chi connectivity index (χ2v) is 5.37. The van der Waals surface area contributed by atoms with Gasteiger partial charge in [-0.3, -0.25) is 14.8 Å². The zero-order chi connectivity index (χ0) is 11.5. The highest BCUT2D eigenvalue weighted by atomic mass is 79.9. The largest absolute Gasteiger partial charge is 0.296 e. The van der Waals surface area contributed by atoms with Crippen molar-refractivity contribution in [3.8, 4) is 0 Å². The van der Waals surface area contributed by atoms with Gasteiger partial charge in [0.05, 0.1) is 9.98 Å². The highest BCUT2D eigenvalue weighted by Crippen LogP contribution is 2.23. The SMILES string of the molecule is CCn1nccc1C(=O)Nc1ncc(Br)s1. The molecular weight excluding hydrogens is 292 g/mol. The van der Waals surface area contributed by atoms with Crippen molar-refractivity contribution in [2.24, 2.45) is 0 Å². The third-order valence-electron chi connectivity index (χ3n) is 1.95. The van der Waals surface area contributed by atoms with E-state index in [4.69, 9.17) is 0 Å². The highest BCUT2D eigenvalue weighted by Gasteiger charge is 2.12. The van der Waals surface area contributed by atoms with Crippen LogP contribution in [0.15, 0.2) is 22.2 Å². The first-order valence-electron chi connectivity index (χ1n) is 4.65. The zero-order valence-electron chi connectivity index (χ0n) is 8.48. The molecule has 0 saturated carbocycles. The molecule has 7 heteroatoms. The molecule has 0 aromatic carbocycles. The van der Waals surface area contributed by atoms with Gasteiger partial charge in [-0.15, -0.1) is 0 Å². The molecule has 0 saturated heterocycles. The van der Waals surface area contributed by atoms with E-state index in [1.165, 1.54) is 11.3 Å². The minimum absolute atomic E-state index is 0.193. The summed E-state index contributed by atoms with van der Waals surface area (Å²) in [5.41, 5.74) is 0.536. The summed E-state index contributed by atoms with van der Waals surface area (Å²) in [6.45, 7) is 2.60. The molecule has 0 aliphatic rings. The average Bonchev–Trinajstić information content (AvgIpc) is 2.86. The van der Waals surface area contributed by atoms with Crippen molar-refractivity contribution in [1.29, 1.82) is 0 Å². The standard InChI is InChI=1S/C9H9BrN4OS/c1-2-14-6(3-4-12-14)8(15)13-9-11-5-7(10)16-9/h3-5H,2H2,1H3,(H,11,13,15). The summed E-state index contributed by atoms with van der Waals surface area (Å²) in [4.78, 5) is 15.9. The fraction of sp³-hybridized carbons (Fsp3) is 0.222. The van der Waals surface area contributed by atoms with Crippen LogP contribution < -0.4 is 5.32 Å². The molecule has 16 heavy (non-hydrogen) atoms. The van der Waals surface area contributed by atoms with Crippen LogP contribution in [0.3, 0.4) is 0 Å². The maximum absolute atomic E-state index is 11.8. The maximum atomic E-state index is 11.8. The van der Waals surface area contributed by atoms with Crippen molar-refractivity contribution < 1.29 is 4.79 Å². The van der Waals surface area contributed by atoms with Gasteiger partial charge in [0.25, 0.3) is 5.91 Å². The molecule has 0 radical (unpaired) electrons. The molecule has 0 aliphatic carbocycles. The molecule has 5 nitrogen and oxygen atoms in total. The fourth-order valence-electron chi connectivity index (χ4n) is 1.25. The van der Waals surface area contributed by atoms with E-state index >= 15 is 0 Å². The first kappa shape index (κ1) is 11.3. The molecule has 0 unspecified atom stereocenters. The summed E-state index contributed by atoms with van der Waals surface area (Å²) < 4.78 is 2.52. The Morgan fingerprint density at radius 1 is 1.69 bits per heavy atom. The molecule has 1 amide bonds. The van der Waals surface area contributed by atoms with Crippen LogP contribution in [-0.4, -0.2) is 20.7 Å². The van der Waals surface area contributed by atoms with Gasteiger partial charge in [0.15, 0.2) is 5.13 Å². The number of carbonyl (C=O) groups is 1. The van der Waals surface area contributed by atoms with Crippen LogP contribution in [0.2, 0.25) is 0 Å². The Hall–Kier alpha value is -1.21. The molecule has 2 aromatic heterocycles.